The Kier molecular flexibility index (Phi) is 6.33. The largest absolute Gasteiger partial charge is 0.495 e. The van der Waals surface area contributed by atoms with E-state index in [0.29, 0.717) is 32.6 Å². The maximum atomic E-state index is 13.7. The highest BCUT2D eigenvalue weighted by Gasteiger charge is 2.42. The first-order valence-electron chi connectivity index (χ1n) is 11.3. The molecule has 0 radical (unpaired) electrons. The number of hydrogen-bond acceptors (Lipinski definition) is 6. The molecule has 1 fully saturated rings. The van der Waals surface area contributed by atoms with Crippen LogP contribution < -0.4 is 9.64 Å². The van der Waals surface area contributed by atoms with Crippen molar-refractivity contribution in [2.75, 3.05) is 38.2 Å². The minimum atomic E-state index is -3.78. The Morgan fingerprint density at radius 2 is 1.65 bits per heavy atom. The summed E-state index contributed by atoms with van der Waals surface area (Å²) >= 11 is 1.18. The van der Waals surface area contributed by atoms with Gasteiger partial charge in [-0.15, -0.1) is 11.3 Å². The van der Waals surface area contributed by atoms with Gasteiger partial charge in [-0.2, -0.15) is 4.31 Å². The Bertz CT molecular complexity index is 1270. The molecule has 1 saturated heterocycles. The molecule has 7 nitrogen and oxygen atoms in total. The predicted octanol–water partition coefficient (Wildman–Crippen LogP) is 3.22. The number of piperazine rings is 1. The number of carbonyl (C=O) groups is 1. The van der Waals surface area contributed by atoms with Crippen LogP contribution in [0.4, 0.5) is 5.69 Å². The molecular weight excluding hydrogens is 470 g/mol. The molecule has 0 N–H and O–H groups in total. The zero-order valence-electron chi connectivity index (χ0n) is 19.0. The maximum Gasteiger partial charge on any atom is 0.253 e. The van der Waals surface area contributed by atoms with E-state index in [4.69, 9.17) is 4.74 Å². The fourth-order valence-corrected chi connectivity index (χ4v) is 7.44. The molecular formula is C25H27N3O4S2. The molecule has 3 heterocycles. The minimum Gasteiger partial charge on any atom is -0.495 e. The summed E-state index contributed by atoms with van der Waals surface area (Å²) < 4.78 is 34.2. The summed E-state index contributed by atoms with van der Waals surface area (Å²) in [6.45, 7) is 2.58. The SMILES string of the molecule is COc1ccccc1N1CCN(C(=O)C2Cc3ccccc3CN2S(=O)(=O)c2cccs2)CC1. The molecule has 0 saturated carbocycles. The Morgan fingerprint density at radius 1 is 0.941 bits per heavy atom. The van der Waals surface area contributed by atoms with Crippen molar-refractivity contribution < 1.29 is 17.9 Å². The molecule has 9 heteroatoms. The Balaban J connectivity index is 1.38. The van der Waals surface area contributed by atoms with Gasteiger partial charge in [0.05, 0.1) is 12.8 Å². The Labute approximate surface area is 204 Å². The molecule has 0 bridgehead atoms. The van der Waals surface area contributed by atoms with Gasteiger partial charge in [0.25, 0.3) is 10.0 Å². The van der Waals surface area contributed by atoms with Crippen LogP contribution in [0, 0.1) is 0 Å². The van der Waals surface area contributed by atoms with Crippen molar-refractivity contribution in [3.63, 3.8) is 0 Å². The molecule has 1 atom stereocenters. The van der Waals surface area contributed by atoms with Crippen LogP contribution in [0.2, 0.25) is 0 Å². The number of anilines is 1. The van der Waals surface area contributed by atoms with Crippen molar-refractivity contribution in [3.05, 3.63) is 77.2 Å². The number of amides is 1. The summed E-state index contributed by atoms with van der Waals surface area (Å²) in [6.07, 6.45) is 0.381. The van der Waals surface area contributed by atoms with Gasteiger partial charge in [-0.3, -0.25) is 4.79 Å². The van der Waals surface area contributed by atoms with Crippen LogP contribution in [0.25, 0.3) is 0 Å². The van der Waals surface area contributed by atoms with Gasteiger partial charge in [0, 0.05) is 32.7 Å². The number of sulfonamides is 1. The van der Waals surface area contributed by atoms with E-state index < -0.39 is 16.1 Å². The predicted molar refractivity (Wildman–Crippen MR) is 133 cm³/mol. The highest BCUT2D eigenvalue weighted by atomic mass is 32.2. The number of benzene rings is 2. The van der Waals surface area contributed by atoms with E-state index in [-0.39, 0.29) is 16.7 Å². The van der Waals surface area contributed by atoms with Crippen LogP contribution in [0.3, 0.4) is 0 Å². The summed E-state index contributed by atoms with van der Waals surface area (Å²) in [6, 6.07) is 18.2. The standard InChI is InChI=1S/C25H27N3O4S2/c1-32-23-10-5-4-9-21(23)26-12-14-27(15-13-26)25(29)22-17-19-7-2-3-8-20(19)18-28(22)34(30,31)24-11-6-16-33-24/h2-11,16,22H,12-15,17-18H2,1H3. The number of carbonyl (C=O) groups excluding carboxylic acids is 1. The number of fused-ring (bicyclic) bond motifs is 1. The summed E-state index contributed by atoms with van der Waals surface area (Å²) in [5.74, 6) is 0.675. The summed E-state index contributed by atoms with van der Waals surface area (Å²) in [5.41, 5.74) is 2.99. The highest BCUT2D eigenvalue weighted by Crippen LogP contribution is 2.33. The molecule has 178 valence electrons. The smallest absolute Gasteiger partial charge is 0.253 e. The number of nitrogens with zero attached hydrogens (tertiary/aromatic N) is 3. The van der Waals surface area contributed by atoms with E-state index in [0.717, 1.165) is 22.6 Å². The number of ether oxygens (including phenoxy) is 1. The van der Waals surface area contributed by atoms with E-state index in [1.54, 1.807) is 24.6 Å². The average molecular weight is 498 g/mol. The second-order valence-corrected chi connectivity index (χ2v) is 11.5. The van der Waals surface area contributed by atoms with Crippen molar-refractivity contribution in [3.8, 4) is 5.75 Å². The fourth-order valence-electron chi connectivity index (χ4n) is 4.76. The molecule has 2 aliphatic rings. The second-order valence-electron chi connectivity index (χ2n) is 8.46. The summed E-state index contributed by atoms with van der Waals surface area (Å²) in [7, 11) is -2.12. The van der Waals surface area contributed by atoms with Gasteiger partial charge >= 0.3 is 0 Å². The van der Waals surface area contributed by atoms with Gasteiger partial charge in [0.15, 0.2) is 0 Å². The van der Waals surface area contributed by atoms with Gasteiger partial charge in [0.1, 0.15) is 16.0 Å². The lowest BCUT2D eigenvalue weighted by Gasteiger charge is -2.41. The van der Waals surface area contributed by atoms with Crippen LogP contribution in [0.15, 0.2) is 70.3 Å². The number of thiophene rings is 1. The van der Waals surface area contributed by atoms with Crippen LogP contribution in [0.1, 0.15) is 11.1 Å². The van der Waals surface area contributed by atoms with Gasteiger partial charge in [-0.05, 0) is 41.1 Å². The molecule has 2 aliphatic heterocycles. The van der Waals surface area contributed by atoms with E-state index in [9.17, 15) is 13.2 Å². The van der Waals surface area contributed by atoms with E-state index in [2.05, 4.69) is 4.90 Å². The third-order valence-electron chi connectivity index (χ3n) is 6.57. The summed E-state index contributed by atoms with van der Waals surface area (Å²) in [5, 5.41) is 1.75. The Morgan fingerprint density at radius 3 is 2.35 bits per heavy atom. The average Bonchev–Trinajstić information content (AvgIpc) is 3.44. The van der Waals surface area contributed by atoms with Gasteiger partial charge in [-0.25, -0.2) is 8.42 Å². The lowest BCUT2D eigenvalue weighted by atomic mass is 9.95. The highest BCUT2D eigenvalue weighted by molar-refractivity contribution is 7.91. The van der Waals surface area contributed by atoms with Gasteiger partial charge in [-0.1, -0.05) is 42.5 Å². The molecule has 5 rings (SSSR count). The number of rotatable bonds is 5. The fraction of sp³-hybridized carbons (Fsp3) is 0.320. The minimum absolute atomic E-state index is 0.130. The lowest BCUT2D eigenvalue weighted by molar-refractivity contribution is -0.136. The third kappa shape index (κ3) is 4.19. The molecule has 1 amide bonds. The number of para-hydroxylation sites is 2. The number of hydrogen-bond donors (Lipinski definition) is 0. The van der Waals surface area contributed by atoms with Crippen LogP contribution in [-0.4, -0.2) is 62.9 Å². The second kappa shape index (κ2) is 9.40. The van der Waals surface area contributed by atoms with Crippen molar-refractivity contribution in [2.45, 2.75) is 23.2 Å². The van der Waals surface area contributed by atoms with Crippen molar-refractivity contribution in [1.82, 2.24) is 9.21 Å². The maximum absolute atomic E-state index is 13.7. The van der Waals surface area contributed by atoms with E-state index in [1.165, 1.54) is 15.6 Å². The van der Waals surface area contributed by atoms with Crippen molar-refractivity contribution in [2.24, 2.45) is 0 Å². The molecule has 3 aromatic rings. The quantitative estimate of drug-likeness (QED) is 0.541. The van der Waals surface area contributed by atoms with E-state index >= 15 is 0 Å². The van der Waals surface area contributed by atoms with Gasteiger partial charge < -0.3 is 14.5 Å². The zero-order chi connectivity index (χ0) is 23.7. The first kappa shape index (κ1) is 22.9. The Hall–Kier alpha value is -2.88. The van der Waals surface area contributed by atoms with E-state index in [1.807, 2.05) is 53.4 Å². The van der Waals surface area contributed by atoms with Crippen molar-refractivity contribution >= 4 is 33.0 Å². The lowest BCUT2D eigenvalue weighted by Crippen LogP contribution is -2.57. The zero-order valence-corrected chi connectivity index (χ0v) is 20.6. The van der Waals surface area contributed by atoms with Crippen LogP contribution in [0.5, 0.6) is 5.75 Å². The third-order valence-corrected chi connectivity index (χ3v) is 9.79. The van der Waals surface area contributed by atoms with Crippen molar-refractivity contribution in [1.29, 1.82) is 0 Å². The molecule has 1 unspecified atom stereocenters. The molecule has 34 heavy (non-hydrogen) atoms. The topological polar surface area (TPSA) is 70.2 Å². The van der Waals surface area contributed by atoms with Gasteiger partial charge in [0.2, 0.25) is 5.91 Å². The first-order valence-corrected chi connectivity index (χ1v) is 13.6. The monoisotopic (exact) mass is 497 g/mol. The van der Waals surface area contributed by atoms with Crippen LogP contribution in [-0.2, 0) is 27.8 Å². The summed E-state index contributed by atoms with van der Waals surface area (Å²) in [4.78, 5) is 17.8. The molecule has 1 aromatic heterocycles. The molecule has 0 spiro atoms. The molecule has 0 aliphatic carbocycles. The number of methoxy groups -OCH3 is 1. The van der Waals surface area contributed by atoms with Crippen LogP contribution >= 0.6 is 11.3 Å². The normalized spacial score (nSPS) is 19.0. The first-order chi connectivity index (χ1) is 16.5. The molecule has 2 aromatic carbocycles.